The van der Waals surface area contributed by atoms with Crippen LogP contribution in [0.25, 0.3) is 0 Å². The third kappa shape index (κ3) is 2.62. The monoisotopic (exact) mass is 297 g/mol. The van der Waals surface area contributed by atoms with Gasteiger partial charge in [0.1, 0.15) is 5.69 Å². The second-order valence-corrected chi connectivity index (χ2v) is 4.41. The molecular formula is C12H9ClFN3O3. The summed E-state index contributed by atoms with van der Waals surface area (Å²) in [5.41, 5.74) is -0.272. The van der Waals surface area contributed by atoms with E-state index in [1.165, 1.54) is 36.0 Å². The maximum absolute atomic E-state index is 13.7. The van der Waals surface area contributed by atoms with Crippen molar-refractivity contribution in [3.8, 4) is 0 Å². The van der Waals surface area contributed by atoms with E-state index in [1.807, 2.05) is 0 Å². The Labute approximate surface area is 117 Å². The van der Waals surface area contributed by atoms with Crippen LogP contribution in [0.5, 0.6) is 0 Å². The van der Waals surface area contributed by atoms with Crippen LogP contribution in [0.2, 0.25) is 5.02 Å². The summed E-state index contributed by atoms with van der Waals surface area (Å²) >= 11 is 5.60. The number of anilines is 1. The van der Waals surface area contributed by atoms with E-state index in [2.05, 4.69) is 5.32 Å². The Morgan fingerprint density at radius 1 is 1.50 bits per heavy atom. The standard InChI is InChI=1S/C12H9ClFN3O3/c1-16-6-7(17(19)20)5-10(16)12(18)15-9-4-2-3-8(13)11(9)14/h2-6H,1H3,(H,15,18). The van der Waals surface area contributed by atoms with Gasteiger partial charge in [0.15, 0.2) is 5.82 Å². The lowest BCUT2D eigenvalue weighted by Gasteiger charge is -2.07. The maximum atomic E-state index is 13.7. The molecular weight excluding hydrogens is 289 g/mol. The molecule has 1 N–H and O–H groups in total. The SMILES string of the molecule is Cn1cc([N+](=O)[O-])cc1C(=O)Nc1cccc(Cl)c1F. The van der Waals surface area contributed by atoms with Crippen molar-refractivity contribution in [1.82, 2.24) is 4.57 Å². The first-order valence-corrected chi connectivity index (χ1v) is 5.84. The summed E-state index contributed by atoms with van der Waals surface area (Å²) in [6.07, 6.45) is 1.20. The van der Waals surface area contributed by atoms with E-state index in [0.29, 0.717) is 0 Å². The van der Waals surface area contributed by atoms with Gasteiger partial charge in [-0.15, -0.1) is 0 Å². The highest BCUT2D eigenvalue weighted by molar-refractivity contribution is 6.31. The molecule has 1 amide bonds. The van der Waals surface area contributed by atoms with Gasteiger partial charge in [0.2, 0.25) is 0 Å². The average molecular weight is 298 g/mol. The molecule has 1 heterocycles. The number of carbonyl (C=O) groups is 1. The molecule has 0 radical (unpaired) electrons. The first kappa shape index (κ1) is 14.0. The summed E-state index contributed by atoms with van der Waals surface area (Å²) in [5, 5.41) is 12.8. The lowest BCUT2D eigenvalue weighted by molar-refractivity contribution is -0.384. The molecule has 6 nitrogen and oxygen atoms in total. The second-order valence-electron chi connectivity index (χ2n) is 4.01. The van der Waals surface area contributed by atoms with Gasteiger partial charge in [-0.1, -0.05) is 17.7 Å². The minimum Gasteiger partial charge on any atom is -0.340 e. The maximum Gasteiger partial charge on any atom is 0.287 e. The highest BCUT2D eigenvalue weighted by atomic mass is 35.5. The van der Waals surface area contributed by atoms with Crippen LogP contribution < -0.4 is 5.32 Å². The number of halogens is 2. The van der Waals surface area contributed by atoms with Crippen LogP contribution in [-0.4, -0.2) is 15.4 Å². The molecule has 0 saturated carbocycles. The first-order valence-electron chi connectivity index (χ1n) is 5.46. The van der Waals surface area contributed by atoms with Gasteiger partial charge in [0, 0.05) is 13.1 Å². The number of hydrogen-bond donors (Lipinski definition) is 1. The Morgan fingerprint density at radius 3 is 2.80 bits per heavy atom. The molecule has 0 aliphatic rings. The van der Waals surface area contributed by atoms with Gasteiger partial charge in [-0.3, -0.25) is 14.9 Å². The molecule has 0 unspecified atom stereocenters. The van der Waals surface area contributed by atoms with E-state index in [1.54, 1.807) is 0 Å². The summed E-state index contributed by atoms with van der Waals surface area (Å²) in [6, 6.07) is 5.28. The molecule has 104 valence electrons. The molecule has 20 heavy (non-hydrogen) atoms. The zero-order valence-corrected chi connectivity index (χ0v) is 11.0. The molecule has 0 aliphatic heterocycles. The fourth-order valence-electron chi connectivity index (χ4n) is 1.66. The Hall–Kier alpha value is -2.41. The third-order valence-corrected chi connectivity index (χ3v) is 2.93. The predicted molar refractivity (Wildman–Crippen MR) is 71.4 cm³/mol. The van der Waals surface area contributed by atoms with Gasteiger partial charge in [-0.25, -0.2) is 4.39 Å². The van der Waals surface area contributed by atoms with Gasteiger partial charge >= 0.3 is 0 Å². The number of aryl methyl sites for hydroxylation is 1. The van der Waals surface area contributed by atoms with Crippen molar-refractivity contribution in [2.45, 2.75) is 0 Å². The number of aromatic nitrogens is 1. The van der Waals surface area contributed by atoms with Crippen molar-refractivity contribution in [1.29, 1.82) is 0 Å². The van der Waals surface area contributed by atoms with Crippen molar-refractivity contribution < 1.29 is 14.1 Å². The Bertz CT molecular complexity index is 699. The molecule has 2 aromatic rings. The van der Waals surface area contributed by atoms with E-state index >= 15 is 0 Å². The van der Waals surface area contributed by atoms with Crippen molar-refractivity contribution in [3.63, 3.8) is 0 Å². The van der Waals surface area contributed by atoms with E-state index in [-0.39, 0.29) is 22.1 Å². The molecule has 0 saturated heterocycles. The first-order chi connectivity index (χ1) is 9.40. The molecule has 0 spiro atoms. The summed E-state index contributed by atoms with van der Waals surface area (Å²) in [4.78, 5) is 22.0. The van der Waals surface area contributed by atoms with Crippen molar-refractivity contribution in [3.05, 3.63) is 57.1 Å². The van der Waals surface area contributed by atoms with Gasteiger partial charge in [0.05, 0.1) is 21.8 Å². The number of benzene rings is 1. The smallest absolute Gasteiger partial charge is 0.287 e. The highest BCUT2D eigenvalue weighted by Crippen LogP contribution is 2.23. The van der Waals surface area contributed by atoms with Crippen LogP contribution in [-0.2, 0) is 7.05 Å². The molecule has 0 bridgehead atoms. The number of nitrogens with zero attached hydrogens (tertiary/aromatic N) is 2. The minimum absolute atomic E-state index is 0.0380. The largest absolute Gasteiger partial charge is 0.340 e. The van der Waals surface area contributed by atoms with Crippen LogP contribution in [0.3, 0.4) is 0 Å². The highest BCUT2D eigenvalue weighted by Gasteiger charge is 2.19. The van der Waals surface area contributed by atoms with Gasteiger partial charge in [-0.2, -0.15) is 0 Å². The van der Waals surface area contributed by atoms with Crippen LogP contribution in [0.15, 0.2) is 30.5 Å². The molecule has 8 heteroatoms. The summed E-state index contributed by atoms with van der Waals surface area (Å²) in [7, 11) is 1.48. The van der Waals surface area contributed by atoms with Crippen molar-refractivity contribution in [2.75, 3.05) is 5.32 Å². The van der Waals surface area contributed by atoms with Gasteiger partial charge < -0.3 is 9.88 Å². The van der Waals surface area contributed by atoms with Crippen molar-refractivity contribution >= 4 is 28.9 Å². The van der Waals surface area contributed by atoms with E-state index < -0.39 is 16.6 Å². The van der Waals surface area contributed by atoms with Crippen LogP contribution in [0, 0.1) is 15.9 Å². The molecule has 0 atom stereocenters. The zero-order chi connectivity index (χ0) is 14.9. The Balaban J connectivity index is 2.28. The third-order valence-electron chi connectivity index (χ3n) is 2.63. The fourth-order valence-corrected chi connectivity index (χ4v) is 1.83. The quantitative estimate of drug-likeness (QED) is 0.699. The predicted octanol–water partition coefficient (Wildman–Crippen LogP) is 2.98. The normalized spacial score (nSPS) is 10.3. The molecule has 1 aromatic heterocycles. The number of nitrogens with one attached hydrogen (secondary N) is 1. The van der Waals surface area contributed by atoms with Gasteiger partial charge in [-0.05, 0) is 12.1 Å². The summed E-state index contributed by atoms with van der Waals surface area (Å²) in [5.74, 6) is -1.42. The van der Waals surface area contributed by atoms with Crippen LogP contribution in [0.4, 0.5) is 15.8 Å². The fraction of sp³-hybridized carbons (Fsp3) is 0.0833. The zero-order valence-electron chi connectivity index (χ0n) is 10.3. The summed E-state index contributed by atoms with van der Waals surface area (Å²) < 4.78 is 14.9. The second kappa shape index (κ2) is 5.30. The number of amides is 1. The molecule has 1 aromatic carbocycles. The lowest BCUT2D eigenvalue weighted by atomic mass is 10.3. The van der Waals surface area contributed by atoms with E-state index in [4.69, 9.17) is 11.6 Å². The lowest BCUT2D eigenvalue weighted by Crippen LogP contribution is -2.16. The Kier molecular flexibility index (Phi) is 3.71. The van der Waals surface area contributed by atoms with Crippen molar-refractivity contribution in [2.24, 2.45) is 7.05 Å². The number of rotatable bonds is 3. The number of carbonyl (C=O) groups excluding carboxylic acids is 1. The number of hydrogen-bond acceptors (Lipinski definition) is 3. The molecule has 2 rings (SSSR count). The van der Waals surface area contributed by atoms with Crippen LogP contribution >= 0.6 is 11.6 Å². The topological polar surface area (TPSA) is 77.2 Å². The average Bonchev–Trinajstić information content (AvgIpc) is 2.77. The van der Waals surface area contributed by atoms with E-state index in [0.717, 1.165) is 6.07 Å². The molecule has 0 fully saturated rings. The Morgan fingerprint density at radius 2 is 2.20 bits per heavy atom. The summed E-state index contributed by atoms with van der Waals surface area (Å²) in [6.45, 7) is 0. The minimum atomic E-state index is -0.758. The number of nitro groups is 1. The van der Waals surface area contributed by atoms with E-state index in [9.17, 15) is 19.3 Å². The van der Waals surface area contributed by atoms with Crippen LogP contribution in [0.1, 0.15) is 10.5 Å². The molecule has 0 aliphatic carbocycles. The van der Waals surface area contributed by atoms with Gasteiger partial charge in [0.25, 0.3) is 11.6 Å².